The van der Waals surface area contributed by atoms with Gasteiger partial charge in [-0.15, -0.1) is 0 Å². The first kappa shape index (κ1) is 20.8. The number of ether oxygens (including phenoxy) is 1. The van der Waals surface area contributed by atoms with Crippen LogP contribution >= 0.6 is 0 Å². The van der Waals surface area contributed by atoms with Crippen LogP contribution in [0.1, 0.15) is 30.9 Å². The van der Waals surface area contributed by atoms with Gasteiger partial charge in [0.15, 0.2) is 5.60 Å². The predicted octanol–water partition coefficient (Wildman–Crippen LogP) is 3.74. The van der Waals surface area contributed by atoms with Gasteiger partial charge in [-0.2, -0.15) is 18.2 Å². The van der Waals surface area contributed by atoms with Crippen LogP contribution in [0.3, 0.4) is 0 Å². The van der Waals surface area contributed by atoms with Gasteiger partial charge >= 0.3 is 6.18 Å². The number of amides is 3. The molecular formula is C22H17F3N2O4. The second-order valence-electron chi connectivity index (χ2n) is 7.64. The Morgan fingerprint density at radius 1 is 1.06 bits per heavy atom. The van der Waals surface area contributed by atoms with Crippen molar-refractivity contribution in [2.45, 2.75) is 31.5 Å². The lowest BCUT2D eigenvalue weighted by atomic mass is 9.90. The highest BCUT2D eigenvalue weighted by molar-refractivity contribution is 6.21. The van der Waals surface area contributed by atoms with Gasteiger partial charge in [-0.1, -0.05) is 18.2 Å². The minimum absolute atomic E-state index is 0.0738. The number of anilines is 1. The van der Waals surface area contributed by atoms with E-state index in [-0.39, 0.29) is 30.2 Å². The monoisotopic (exact) mass is 430 g/mol. The minimum atomic E-state index is -4.48. The summed E-state index contributed by atoms with van der Waals surface area (Å²) in [5, 5.41) is 0. The van der Waals surface area contributed by atoms with Crippen LogP contribution < -0.4 is 4.90 Å². The van der Waals surface area contributed by atoms with E-state index in [1.165, 1.54) is 19.1 Å². The molecule has 9 heteroatoms. The molecule has 0 aromatic heterocycles. The zero-order valence-electron chi connectivity index (χ0n) is 16.3. The zero-order valence-corrected chi connectivity index (χ0v) is 16.3. The second-order valence-corrected chi connectivity index (χ2v) is 7.64. The summed E-state index contributed by atoms with van der Waals surface area (Å²) in [4.78, 5) is 42.7. The lowest BCUT2D eigenvalue weighted by Crippen LogP contribution is -2.38. The Morgan fingerprint density at radius 3 is 2.32 bits per heavy atom. The highest BCUT2D eigenvalue weighted by atomic mass is 19.4. The first-order valence-corrected chi connectivity index (χ1v) is 9.50. The Bertz CT molecular complexity index is 1080. The quantitative estimate of drug-likeness (QED) is 0.693. The Hall–Kier alpha value is -3.49. The molecule has 3 amide bonds. The third kappa shape index (κ3) is 3.83. The fourth-order valence-electron chi connectivity index (χ4n) is 3.72. The van der Waals surface area contributed by atoms with Gasteiger partial charge in [0, 0.05) is 18.4 Å². The average molecular weight is 430 g/mol. The van der Waals surface area contributed by atoms with E-state index in [0.717, 1.165) is 17.0 Å². The molecule has 1 saturated heterocycles. The van der Waals surface area contributed by atoms with Gasteiger partial charge in [0.2, 0.25) is 17.7 Å². The number of hydrogen-bond donors (Lipinski definition) is 0. The number of rotatable bonds is 4. The normalized spacial score (nSPS) is 23.9. The van der Waals surface area contributed by atoms with Gasteiger partial charge in [-0.25, -0.2) is 0 Å². The molecule has 2 aromatic rings. The van der Waals surface area contributed by atoms with Crippen molar-refractivity contribution < 1.29 is 32.3 Å². The molecule has 1 fully saturated rings. The summed E-state index contributed by atoms with van der Waals surface area (Å²) in [6, 6.07) is 12.5. The van der Waals surface area contributed by atoms with Gasteiger partial charge < -0.3 is 4.74 Å². The second kappa shape index (κ2) is 7.33. The SMILES string of the molecule is C[C@@]1(CC2CC(=O)N(c3ccccc3)C2=O)OC(c2ccc(C(F)(F)F)cc2)=NC1=O. The molecule has 160 valence electrons. The topological polar surface area (TPSA) is 76.0 Å². The largest absolute Gasteiger partial charge is 0.461 e. The number of benzene rings is 2. The van der Waals surface area contributed by atoms with Crippen molar-refractivity contribution in [2.24, 2.45) is 10.9 Å². The van der Waals surface area contributed by atoms with Crippen LogP contribution in [0.25, 0.3) is 0 Å². The molecule has 2 aliphatic heterocycles. The lowest BCUT2D eigenvalue weighted by molar-refractivity contribution is -0.137. The summed E-state index contributed by atoms with van der Waals surface area (Å²) in [5.41, 5.74) is -1.67. The van der Waals surface area contributed by atoms with Crippen molar-refractivity contribution >= 4 is 29.3 Å². The van der Waals surface area contributed by atoms with E-state index in [0.29, 0.717) is 5.69 Å². The van der Waals surface area contributed by atoms with Gasteiger partial charge in [0.25, 0.3) is 5.91 Å². The van der Waals surface area contributed by atoms with Crippen LogP contribution in [0.15, 0.2) is 59.6 Å². The van der Waals surface area contributed by atoms with Crippen LogP contribution in [-0.4, -0.2) is 29.2 Å². The number of para-hydroxylation sites is 1. The number of halogens is 3. The number of alkyl halides is 3. The summed E-state index contributed by atoms with van der Waals surface area (Å²) < 4.78 is 44.0. The van der Waals surface area contributed by atoms with E-state index in [1.54, 1.807) is 30.3 Å². The van der Waals surface area contributed by atoms with E-state index in [9.17, 15) is 27.6 Å². The van der Waals surface area contributed by atoms with Crippen molar-refractivity contribution in [1.82, 2.24) is 0 Å². The Morgan fingerprint density at radius 2 is 1.71 bits per heavy atom. The summed E-state index contributed by atoms with van der Waals surface area (Å²) in [6.07, 6.45) is -4.63. The minimum Gasteiger partial charge on any atom is -0.461 e. The van der Waals surface area contributed by atoms with Crippen LogP contribution in [0.4, 0.5) is 18.9 Å². The third-order valence-electron chi connectivity index (χ3n) is 5.33. The van der Waals surface area contributed by atoms with Crippen molar-refractivity contribution in [3.05, 3.63) is 65.7 Å². The number of carbonyl (C=O) groups excluding carboxylic acids is 3. The highest BCUT2D eigenvalue weighted by Gasteiger charge is 2.49. The molecular weight excluding hydrogens is 413 g/mol. The number of hydrogen-bond acceptors (Lipinski definition) is 4. The van der Waals surface area contributed by atoms with Crippen LogP contribution in [0.5, 0.6) is 0 Å². The molecule has 31 heavy (non-hydrogen) atoms. The van der Waals surface area contributed by atoms with Crippen LogP contribution in [0, 0.1) is 5.92 Å². The molecule has 2 aromatic carbocycles. The molecule has 0 radical (unpaired) electrons. The fraction of sp³-hybridized carbons (Fsp3) is 0.273. The maximum Gasteiger partial charge on any atom is 0.416 e. The summed E-state index contributed by atoms with van der Waals surface area (Å²) in [6.45, 7) is 1.46. The van der Waals surface area contributed by atoms with Crippen LogP contribution in [-0.2, 0) is 25.3 Å². The van der Waals surface area contributed by atoms with E-state index < -0.39 is 35.1 Å². The molecule has 0 saturated carbocycles. The van der Waals surface area contributed by atoms with E-state index in [1.807, 2.05) is 0 Å². The summed E-state index contributed by atoms with van der Waals surface area (Å²) in [5.74, 6) is -2.35. The average Bonchev–Trinajstić information content (AvgIpc) is 3.17. The van der Waals surface area contributed by atoms with Gasteiger partial charge in [0.1, 0.15) is 0 Å². The van der Waals surface area contributed by atoms with E-state index in [4.69, 9.17) is 4.74 Å². The molecule has 0 aliphatic carbocycles. The molecule has 2 atom stereocenters. The highest BCUT2D eigenvalue weighted by Crippen LogP contribution is 2.36. The molecule has 0 bridgehead atoms. The van der Waals surface area contributed by atoms with Crippen molar-refractivity contribution in [3.8, 4) is 0 Å². The van der Waals surface area contributed by atoms with Crippen LogP contribution in [0.2, 0.25) is 0 Å². The Kier molecular flexibility index (Phi) is 4.91. The number of nitrogens with zero attached hydrogens (tertiary/aromatic N) is 2. The maximum atomic E-state index is 12.8. The maximum absolute atomic E-state index is 12.8. The van der Waals surface area contributed by atoms with Crippen molar-refractivity contribution in [2.75, 3.05) is 4.90 Å². The summed E-state index contributed by atoms with van der Waals surface area (Å²) >= 11 is 0. The molecule has 6 nitrogen and oxygen atoms in total. The fourth-order valence-corrected chi connectivity index (χ4v) is 3.72. The standard InChI is InChI=1S/C22H17F3N2O4/c1-21(12-14-11-17(28)27(19(14)29)16-5-3-2-4-6-16)20(30)26-18(31-21)13-7-9-15(10-8-13)22(23,24)25/h2-10,14H,11-12H2,1H3/t14?,21-/m0/s1. The van der Waals surface area contributed by atoms with Crippen molar-refractivity contribution in [3.63, 3.8) is 0 Å². The first-order chi connectivity index (χ1) is 14.6. The molecule has 0 spiro atoms. The summed E-state index contributed by atoms with van der Waals surface area (Å²) in [7, 11) is 0. The Balaban J connectivity index is 1.49. The number of aliphatic imine (C=N–C) groups is 1. The lowest BCUT2D eigenvalue weighted by Gasteiger charge is -2.24. The molecule has 0 N–H and O–H groups in total. The first-order valence-electron chi connectivity index (χ1n) is 9.50. The molecule has 4 rings (SSSR count). The van der Waals surface area contributed by atoms with E-state index >= 15 is 0 Å². The number of carbonyl (C=O) groups is 3. The molecule has 2 aliphatic rings. The van der Waals surface area contributed by atoms with E-state index in [2.05, 4.69) is 4.99 Å². The van der Waals surface area contributed by atoms with Gasteiger partial charge in [0.05, 0.1) is 17.2 Å². The Labute approximate surface area is 175 Å². The van der Waals surface area contributed by atoms with Gasteiger partial charge in [-0.3, -0.25) is 19.3 Å². The third-order valence-corrected chi connectivity index (χ3v) is 5.33. The van der Waals surface area contributed by atoms with Crippen molar-refractivity contribution in [1.29, 1.82) is 0 Å². The predicted molar refractivity (Wildman–Crippen MR) is 104 cm³/mol. The van der Waals surface area contributed by atoms with Gasteiger partial charge in [-0.05, 0) is 43.3 Å². The molecule has 2 heterocycles. The molecule has 1 unspecified atom stereocenters. The smallest absolute Gasteiger partial charge is 0.416 e. The number of imide groups is 1. The zero-order chi connectivity index (χ0) is 22.4.